The molecule has 0 atom stereocenters. The van der Waals surface area contributed by atoms with Crippen molar-refractivity contribution in [2.24, 2.45) is 0 Å². The summed E-state index contributed by atoms with van der Waals surface area (Å²) in [7, 11) is 1.63. The van der Waals surface area contributed by atoms with Crippen LogP contribution in [0.2, 0.25) is 0 Å². The zero-order valence-electron chi connectivity index (χ0n) is 14.0. The van der Waals surface area contributed by atoms with Gasteiger partial charge in [0.1, 0.15) is 5.75 Å². The lowest BCUT2D eigenvalue weighted by atomic mass is 10.1. The number of amides is 2. The number of aromatic nitrogens is 3. The molecule has 0 saturated carbocycles. The summed E-state index contributed by atoms with van der Waals surface area (Å²) >= 11 is 0. The number of benzene rings is 1. The second-order valence-electron chi connectivity index (χ2n) is 6.07. The monoisotopic (exact) mass is 337 g/mol. The van der Waals surface area contributed by atoms with Crippen molar-refractivity contribution in [1.29, 1.82) is 0 Å². The molecule has 7 nitrogen and oxygen atoms in total. The standard InChI is InChI=1S/C18H19N5O2/c1-25-15-6-5-12-4-2-3-7-23(16(12)9-15)18(24)21-14-8-13-10-20-22-17(13)19-11-14/h5-6,8-11H,2-4,7H2,1H3,(H,21,24)(H,19,20,22). The number of methoxy groups -OCH3 is 1. The number of H-pyrrole nitrogens is 1. The van der Waals surface area contributed by atoms with E-state index in [0.29, 0.717) is 17.9 Å². The molecule has 1 aliphatic heterocycles. The minimum Gasteiger partial charge on any atom is -0.497 e. The number of aromatic amines is 1. The van der Waals surface area contributed by atoms with Gasteiger partial charge in [0.2, 0.25) is 0 Å². The third-order valence-corrected chi connectivity index (χ3v) is 4.45. The zero-order chi connectivity index (χ0) is 17.2. The number of aryl methyl sites for hydroxylation is 1. The predicted octanol–water partition coefficient (Wildman–Crippen LogP) is 3.34. The number of nitrogens with zero attached hydrogens (tertiary/aromatic N) is 3. The Morgan fingerprint density at radius 3 is 3.08 bits per heavy atom. The first-order chi connectivity index (χ1) is 12.2. The van der Waals surface area contributed by atoms with Gasteiger partial charge in [-0.2, -0.15) is 5.10 Å². The van der Waals surface area contributed by atoms with Gasteiger partial charge in [0, 0.05) is 18.0 Å². The minimum atomic E-state index is -0.166. The Hall–Kier alpha value is -3.09. The van der Waals surface area contributed by atoms with E-state index in [-0.39, 0.29) is 6.03 Å². The van der Waals surface area contributed by atoms with Crippen molar-refractivity contribution in [3.8, 4) is 5.75 Å². The molecule has 3 heterocycles. The van der Waals surface area contributed by atoms with Gasteiger partial charge in [-0.1, -0.05) is 6.07 Å². The van der Waals surface area contributed by atoms with E-state index < -0.39 is 0 Å². The number of hydrogen-bond donors (Lipinski definition) is 2. The summed E-state index contributed by atoms with van der Waals surface area (Å²) in [6.07, 6.45) is 6.30. The van der Waals surface area contributed by atoms with Gasteiger partial charge < -0.3 is 10.1 Å². The molecule has 2 amide bonds. The largest absolute Gasteiger partial charge is 0.497 e. The quantitative estimate of drug-likeness (QED) is 0.751. The summed E-state index contributed by atoms with van der Waals surface area (Å²) < 4.78 is 5.33. The normalized spacial score (nSPS) is 14.0. The highest BCUT2D eigenvalue weighted by molar-refractivity contribution is 6.03. The lowest BCUT2D eigenvalue weighted by Gasteiger charge is -2.23. The first kappa shape index (κ1) is 15.4. The van der Waals surface area contributed by atoms with Crippen molar-refractivity contribution in [2.45, 2.75) is 19.3 Å². The highest BCUT2D eigenvalue weighted by atomic mass is 16.5. The number of ether oxygens (including phenoxy) is 1. The predicted molar refractivity (Wildman–Crippen MR) is 96.2 cm³/mol. The van der Waals surface area contributed by atoms with Crippen LogP contribution >= 0.6 is 0 Å². The second kappa shape index (κ2) is 6.43. The highest BCUT2D eigenvalue weighted by Gasteiger charge is 2.22. The summed E-state index contributed by atoms with van der Waals surface area (Å²) in [5.41, 5.74) is 3.42. The van der Waals surface area contributed by atoms with E-state index in [9.17, 15) is 4.79 Å². The maximum Gasteiger partial charge on any atom is 0.326 e. The molecule has 25 heavy (non-hydrogen) atoms. The van der Waals surface area contributed by atoms with Crippen LogP contribution in [-0.4, -0.2) is 34.9 Å². The molecule has 1 aromatic carbocycles. The molecule has 0 saturated heterocycles. The molecule has 0 fully saturated rings. The number of hydrogen-bond acceptors (Lipinski definition) is 4. The number of fused-ring (bicyclic) bond motifs is 2. The van der Waals surface area contributed by atoms with Crippen LogP contribution < -0.4 is 15.0 Å². The summed E-state index contributed by atoms with van der Waals surface area (Å²) in [5, 5.41) is 10.5. The summed E-state index contributed by atoms with van der Waals surface area (Å²) in [6.45, 7) is 0.674. The molecular weight excluding hydrogens is 318 g/mol. The maximum atomic E-state index is 12.9. The van der Waals surface area contributed by atoms with Crippen LogP contribution in [0.25, 0.3) is 11.0 Å². The van der Waals surface area contributed by atoms with Crippen molar-refractivity contribution in [3.05, 3.63) is 42.2 Å². The van der Waals surface area contributed by atoms with Crippen molar-refractivity contribution in [3.63, 3.8) is 0 Å². The smallest absolute Gasteiger partial charge is 0.326 e. The van der Waals surface area contributed by atoms with Crippen molar-refractivity contribution in [2.75, 3.05) is 23.9 Å². The minimum absolute atomic E-state index is 0.166. The van der Waals surface area contributed by atoms with E-state index >= 15 is 0 Å². The van der Waals surface area contributed by atoms with Gasteiger partial charge in [-0.05, 0) is 37.0 Å². The number of urea groups is 1. The van der Waals surface area contributed by atoms with Crippen molar-refractivity contribution in [1.82, 2.24) is 15.2 Å². The van der Waals surface area contributed by atoms with Crippen LogP contribution in [0.4, 0.5) is 16.2 Å². The summed E-state index contributed by atoms with van der Waals surface area (Å²) in [4.78, 5) is 18.9. The molecule has 0 unspecified atom stereocenters. The van der Waals surface area contributed by atoms with Crippen LogP contribution in [0.15, 0.2) is 36.7 Å². The molecule has 0 aliphatic carbocycles. The average Bonchev–Trinajstić information content (AvgIpc) is 2.99. The van der Waals surface area contributed by atoms with Crippen LogP contribution in [0.1, 0.15) is 18.4 Å². The first-order valence-corrected chi connectivity index (χ1v) is 8.29. The third-order valence-electron chi connectivity index (χ3n) is 4.45. The SMILES string of the molecule is COc1ccc2c(c1)N(C(=O)Nc1cnc3[nH]ncc3c1)CCCC2. The fraction of sp³-hybridized carbons (Fsp3) is 0.278. The number of rotatable bonds is 2. The molecule has 0 radical (unpaired) electrons. The van der Waals surface area contributed by atoms with E-state index in [1.165, 1.54) is 0 Å². The van der Waals surface area contributed by atoms with Gasteiger partial charge in [0.15, 0.2) is 5.65 Å². The molecule has 1 aliphatic rings. The molecule has 128 valence electrons. The van der Waals surface area contributed by atoms with E-state index in [0.717, 1.165) is 41.6 Å². The number of carbonyl (C=O) groups excluding carboxylic acids is 1. The lowest BCUT2D eigenvalue weighted by molar-refractivity contribution is 0.257. The molecule has 3 aromatic rings. The highest BCUT2D eigenvalue weighted by Crippen LogP contribution is 2.31. The van der Waals surface area contributed by atoms with Gasteiger partial charge in [-0.3, -0.25) is 10.00 Å². The topological polar surface area (TPSA) is 83.1 Å². The van der Waals surface area contributed by atoms with E-state index in [1.54, 1.807) is 24.4 Å². The van der Waals surface area contributed by atoms with E-state index in [4.69, 9.17) is 4.74 Å². The number of anilines is 2. The van der Waals surface area contributed by atoms with E-state index in [2.05, 4.69) is 20.5 Å². The Labute approximate surface area is 145 Å². The number of pyridine rings is 1. The Balaban J connectivity index is 1.62. The zero-order valence-corrected chi connectivity index (χ0v) is 14.0. The fourth-order valence-corrected chi connectivity index (χ4v) is 3.15. The molecule has 0 bridgehead atoms. The molecular formula is C18H19N5O2. The number of carbonyl (C=O) groups is 1. The van der Waals surface area contributed by atoms with E-state index in [1.807, 2.05) is 24.3 Å². The van der Waals surface area contributed by atoms with Crippen molar-refractivity contribution < 1.29 is 9.53 Å². The maximum absolute atomic E-state index is 12.9. The van der Waals surface area contributed by atoms with Crippen molar-refractivity contribution >= 4 is 28.4 Å². The van der Waals surface area contributed by atoms with Gasteiger partial charge in [0.25, 0.3) is 0 Å². The van der Waals surface area contributed by atoms with Gasteiger partial charge in [-0.15, -0.1) is 0 Å². The molecule has 7 heteroatoms. The Morgan fingerprint density at radius 2 is 2.20 bits per heavy atom. The van der Waals surface area contributed by atoms with Gasteiger partial charge in [-0.25, -0.2) is 9.78 Å². The summed E-state index contributed by atoms with van der Waals surface area (Å²) in [5.74, 6) is 0.750. The molecule has 0 spiro atoms. The molecule has 2 N–H and O–H groups in total. The Kier molecular flexibility index (Phi) is 3.97. The van der Waals surface area contributed by atoms with Crippen LogP contribution in [0.5, 0.6) is 5.75 Å². The van der Waals surface area contributed by atoms with Gasteiger partial charge >= 0.3 is 6.03 Å². The second-order valence-corrected chi connectivity index (χ2v) is 6.07. The van der Waals surface area contributed by atoms with Crippen LogP contribution in [0, 0.1) is 0 Å². The summed E-state index contributed by atoms with van der Waals surface area (Å²) in [6, 6.07) is 7.60. The molecule has 2 aromatic heterocycles. The molecule has 4 rings (SSSR count). The average molecular weight is 337 g/mol. The fourth-order valence-electron chi connectivity index (χ4n) is 3.15. The van der Waals surface area contributed by atoms with Gasteiger partial charge in [0.05, 0.1) is 30.9 Å². The van der Waals surface area contributed by atoms with Crippen LogP contribution in [-0.2, 0) is 6.42 Å². The first-order valence-electron chi connectivity index (χ1n) is 8.29. The third kappa shape index (κ3) is 3.00. The Bertz CT molecular complexity index is 921. The van der Waals surface area contributed by atoms with Crippen LogP contribution in [0.3, 0.4) is 0 Å². The Morgan fingerprint density at radius 1 is 1.28 bits per heavy atom. The lowest BCUT2D eigenvalue weighted by Crippen LogP contribution is -2.35. The number of nitrogens with one attached hydrogen (secondary N) is 2.